The molecule has 11 heavy (non-hydrogen) atoms. The molecule has 0 radical (unpaired) electrons. The van der Waals surface area contributed by atoms with Crippen LogP contribution in [0, 0.1) is 11.8 Å². The Morgan fingerprint density at radius 3 is 2.18 bits per heavy atom. The highest BCUT2D eigenvalue weighted by Crippen LogP contribution is 2.25. The van der Waals surface area contributed by atoms with Gasteiger partial charge in [-0.2, -0.15) is 0 Å². The minimum absolute atomic E-state index is 0. The number of hydrogen-bond acceptors (Lipinski definition) is 2. The molecule has 4 heteroatoms. The van der Waals surface area contributed by atoms with E-state index in [0.717, 1.165) is 13.1 Å². The van der Waals surface area contributed by atoms with Gasteiger partial charge in [0.05, 0.1) is 13.2 Å². The van der Waals surface area contributed by atoms with Crippen molar-refractivity contribution in [2.45, 2.75) is 6.17 Å². The van der Waals surface area contributed by atoms with E-state index < -0.39 is 6.17 Å². The first kappa shape index (κ1) is 9.23. The number of hydrogen-bond donors (Lipinski definition) is 1. The molecule has 0 aromatic rings. The molecule has 2 bridgehead atoms. The zero-order valence-electron chi connectivity index (χ0n) is 6.25. The van der Waals surface area contributed by atoms with Crippen LogP contribution >= 0.6 is 12.4 Å². The van der Waals surface area contributed by atoms with Crippen molar-refractivity contribution in [1.82, 2.24) is 5.32 Å². The van der Waals surface area contributed by atoms with E-state index in [1.54, 1.807) is 0 Å². The number of nitrogens with one attached hydrogen (secondary N) is 1. The highest BCUT2D eigenvalue weighted by atomic mass is 35.5. The highest BCUT2D eigenvalue weighted by Gasteiger charge is 2.36. The maximum atomic E-state index is 13.2. The second kappa shape index (κ2) is 3.70. The van der Waals surface area contributed by atoms with Crippen molar-refractivity contribution < 1.29 is 9.13 Å². The standard InChI is InChI=1S/C7H12FNO.ClH/c8-7-5-1-9-2-6(7)4-10-3-5;/h5-7,9H,1-4H2;1H. The molecule has 2 atom stereocenters. The molecule has 66 valence electrons. The van der Waals surface area contributed by atoms with Crippen molar-refractivity contribution in [3.8, 4) is 0 Å². The zero-order chi connectivity index (χ0) is 6.97. The second-order valence-electron chi connectivity index (χ2n) is 3.16. The fourth-order valence-electron chi connectivity index (χ4n) is 1.74. The van der Waals surface area contributed by atoms with Crippen molar-refractivity contribution in [2.75, 3.05) is 26.3 Å². The zero-order valence-corrected chi connectivity index (χ0v) is 7.07. The molecular weight excluding hydrogens is 169 g/mol. The summed E-state index contributed by atoms with van der Waals surface area (Å²) in [4.78, 5) is 0. The van der Waals surface area contributed by atoms with Gasteiger partial charge in [0, 0.05) is 24.9 Å². The van der Waals surface area contributed by atoms with Crippen molar-refractivity contribution in [1.29, 1.82) is 0 Å². The molecule has 1 N–H and O–H groups in total. The quantitative estimate of drug-likeness (QED) is 0.592. The lowest BCUT2D eigenvalue weighted by molar-refractivity contribution is -0.0588. The smallest absolute Gasteiger partial charge is 0.113 e. The number of ether oxygens (including phenoxy) is 1. The molecule has 2 unspecified atom stereocenters. The summed E-state index contributed by atoms with van der Waals surface area (Å²) in [6.45, 7) is 2.78. The lowest BCUT2D eigenvalue weighted by Gasteiger charge is -2.37. The first-order valence-electron chi connectivity index (χ1n) is 3.80. The van der Waals surface area contributed by atoms with E-state index in [1.165, 1.54) is 0 Å². The van der Waals surface area contributed by atoms with Gasteiger partial charge in [-0.3, -0.25) is 0 Å². The van der Waals surface area contributed by atoms with Crippen LogP contribution in [0.5, 0.6) is 0 Å². The van der Waals surface area contributed by atoms with Crippen molar-refractivity contribution >= 4 is 12.4 Å². The van der Waals surface area contributed by atoms with Gasteiger partial charge in [-0.1, -0.05) is 0 Å². The number of alkyl halides is 1. The van der Waals surface area contributed by atoms with Gasteiger partial charge >= 0.3 is 0 Å². The summed E-state index contributed by atoms with van der Waals surface area (Å²) in [5, 5.41) is 3.20. The fourth-order valence-corrected chi connectivity index (χ4v) is 1.74. The molecule has 2 saturated heterocycles. The molecular formula is C7H13ClFNO. The predicted octanol–water partition coefficient (Wildman–Crippen LogP) is 0.612. The van der Waals surface area contributed by atoms with Crippen molar-refractivity contribution in [3.05, 3.63) is 0 Å². The van der Waals surface area contributed by atoms with Gasteiger partial charge < -0.3 is 10.1 Å². The van der Waals surface area contributed by atoms with Crippen molar-refractivity contribution in [3.63, 3.8) is 0 Å². The molecule has 2 rings (SSSR count). The number of piperidine rings is 1. The first-order valence-corrected chi connectivity index (χ1v) is 3.80. The molecule has 0 amide bonds. The van der Waals surface area contributed by atoms with Crippen molar-refractivity contribution in [2.24, 2.45) is 11.8 Å². The molecule has 0 aromatic carbocycles. The predicted molar refractivity (Wildman–Crippen MR) is 42.8 cm³/mol. The average Bonchev–Trinajstić information content (AvgIpc) is 1.86. The lowest BCUT2D eigenvalue weighted by Crippen LogP contribution is -2.51. The van der Waals surface area contributed by atoms with Gasteiger partial charge in [0.2, 0.25) is 0 Å². The molecule has 2 aliphatic heterocycles. The van der Waals surface area contributed by atoms with E-state index in [-0.39, 0.29) is 24.2 Å². The lowest BCUT2D eigenvalue weighted by atomic mass is 9.87. The van der Waals surface area contributed by atoms with Crippen LogP contribution in [0.1, 0.15) is 0 Å². The van der Waals surface area contributed by atoms with E-state index in [2.05, 4.69) is 5.32 Å². The summed E-state index contributed by atoms with van der Waals surface area (Å²) in [7, 11) is 0. The van der Waals surface area contributed by atoms with E-state index in [0.29, 0.717) is 13.2 Å². The Morgan fingerprint density at radius 1 is 1.18 bits per heavy atom. The molecule has 2 heterocycles. The Morgan fingerprint density at radius 2 is 1.73 bits per heavy atom. The molecule has 2 fully saturated rings. The van der Waals surface area contributed by atoms with E-state index in [9.17, 15) is 4.39 Å². The summed E-state index contributed by atoms with van der Waals surface area (Å²) in [5.41, 5.74) is 0. The van der Waals surface area contributed by atoms with Crippen LogP contribution in [0.3, 0.4) is 0 Å². The first-order chi connectivity index (χ1) is 4.88. The van der Waals surface area contributed by atoms with Crippen LogP contribution in [0.15, 0.2) is 0 Å². The summed E-state index contributed by atoms with van der Waals surface area (Å²) in [5.74, 6) is 0.236. The van der Waals surface area contributed by atoms with Gasteiger partial charge in [-0.05, 0) is 0 Å². The Hall–Kier alpha value is 0.140. The third-order valence-corrected chi connectivity index (χ3v) is 2.38. The number of fused-ring (bicyclic) bond motifs is 2. The monoisotopic (exact) mass is 181 g/mol. The van der Waals surface area contributed by atoms with Crippen LogP contribution in [-0.4, -0.2) is 32.5 Å². The van der Waals surface area contributed by atoms with E-state index in [4.69, 9.17) is 4.74 Å². The topological polar surface area (TPSA) is 21.3 Å². The summed E-state index contributed by atoms with van der Waals surface area (Å²) in [6.07, 6.45) is -0.616. The van der Waals surface area contributed by atoms with Gasteiger partial charge in [0.15, 0.2) is 0 Å². The van der Waals surface area contributed by atoms with Gasteiger partial charge in [-0.25, -0.2) is 4.39 Å². The Labute approximate surface area is 71.9 Å². The van der Waals surface area contributed by atoms with Gasteiger partial charge in [-0.15, -0.1) is 12.4 Å². The van der Waals surface area contributed by atoms with Gasteiger partial charge in [0.1, 0.15) is 6.17 Å². The average molecular weight is 182 g/mol. The normalized spacial score (nSPS) is 42.8. The Bertz CT molecular complexity index is 114. The largest absolute Gasteiger partial charge is 0.381 e. The Balaban J connectivity index is 0.000000605. The third kappa shape index (κ3) is 1.66. The maximum absolute atomic E-state index is 13.2. The van der Waals surface area contributed by atoms with Crippen LogP contribution in [-0.2, 0) is 4.74 Å². The number of rotatable bonds is 0. The second-order valence-corrected chi connectivity index (χ2v) is 3.16. The molecule has 2 aliphatic rings. The summed E-state index contributed by atoms with van der Waals surface area (Å²) >= 11 is 0. The van der Waals surface area contributed by atoms with Crippen LogP contribution in [0.2, 0.25) is 0 Å². The minimum Gasteiger partial charge on any atom is -0.381 e. The Kier molecular flexibility index (Phi) is 3.10. The highest BCUT2D eigenvalue weighted by molar-refractivity contribution is 5.85. The minimum atomic E-state index is -0.616. The van der Waals surface area contributed by atoms with Crippen LogP contribution in [0.25, 0.3) is 0 Å². The van der Waals surface area contributed by atoms with E-state index >= 15 is 0 Å². The molecule has 0 spiro atoms. The van der Waals surface area contributed by atoms with Crippen LogP contribution in [0.4, 0.5) is 4.39 Å². The molecule has 2 nitrogen and oxygen atoms in total. The third-order valence-electron chi connectivity index (χ3n) is 2.38. The molecule has 0 aromatic heterocycles. The molecule has 0 aliphatic carbocycles. The maximum Gasteiger partial charge on any atom is 0.113 e. The molecule has 0 saturated carbocycles. The van der Waals surface area contributed by atoms with E-state index in [1.807, 2.05) is 0 Å². The fraction of sp³-hybridized carbons (Fsp3) is 1.00. The SMILES string of the molecule is Cl.FC1C2CNCC1COC2. The summed E-state index contributed by atoms with van der Waals surface area (Å²) < 4.78 is 18.4. The summed E-state index contributed by atoms with van der Waals surface area (Å²) in [6, 6.07) is 0. The number of halogens is 2. The van der Waals surface area contributed by atoms with Crippen LogP contribution < -0.4 is 5.32 Å². The van der Waals surface area contributed by atoms with Gasteiger partial charge in [0.25, 0.3) is 0 Å².